The van der Waals surface area contributed by atoms with Crippen LogP contribution in [0.5, 0.6) is 0 Å². The van der Waals surface area contributed by atoms with Crippen LogP contribution in [0.4, 0.5) is 0 Å². The predicted octanol–water partition coefficient (Wildman–Crippen LogP) is 8.31. The molecule has 4 heteroatoms. The summed E-state index contributed by atoms with van der Waals surface area (Å²) in [6.45, 7) is 4.43. The Morgan fingerprint density at radius 3 is 2.42 bits per heavy atom. The number of fused-ring (bicyclic) bond motifs is 3. The molecule has 0 unspecified atom stereocenters. The first-order chi connectivity index (χ1) is 17.3. The summed E-state index contributed by atoms with van der Waals surface area (Å²) >= 11 is 1.97. The number of benzene rings is 2. The normalized spacial score (nSPS) is 12.3. The Bertz CT molecular complexity index is 1370. The molecule has 1 aliphatic rings. The molecule has 0 saturated heterocycles. The van der Waals surface area contributed by atoms with Gasteiger partial charge in [0.05, 0.1) is 0 Å². The van der Waals surface area contributed by atoms with Gasteiger partial charge >= 0.3 is 0 Å². The van der Waals surface area contributed by atoms with Gasteiger partial charge < -0.3 is 9.97 Å². The maximum atomic E-state index is 4.76. The van der Waals surface area contributed by atoms with Gasteiger partial charge in [-0.05, 0) is 76.7 Å². The van der Waals surface area contributed by atoms with Crippen molar-refractivity contribution in [2.45, 2.75) is 52.4 Å². The third-order valence-electron chi connectivity index (χ3n) is 6.67. The summed E-state index contributed by atoms with van der Waals surface area (Å²) in [5.41, 5.74) is 8.67. The molecule has 0 atom stereocenters. The zero-order valence-corrected chi connectivity index (χ0v) is 24.0. The summed E-state index contributed by atoms with van der Waals surface area (Å²) in [7, 11) is 0. The molecular formula is C32H30IrN2S-2. The Kier molecular flexibility index (Phi) is 9.20. The van der Waals surface area contributed by atoms with Gasteiger partial charge in [-0.25, -0.2) is 0 Å². The van der Waals surface area contributed by atoms with Crippen LogP contribution in [-0.4, -0.2) is 9.97 Å². The molecule has 3 heterocycles. The molecule has 1 aliphatic carbocycles. The third-order valence-corrected chi connectivity index (χ3v) is 7.99. The molecule has 6 rings (SSSR count). The predicted molar refractivity (Wildman–Crippen MR) is 148 cm³/mol. The third kappa shape index (κ3) is 5.67. The van der Waals surface area contributed by atoms with Crippen LogP contribution in [0, 0.1) is 12.1 Å². The Labute approximate surface area is 232 Å². The van der Waals surface area contributed by atoms with Gasteiger partial charge in [-0.2, -0.15) is 11.3 Å². The fourth-order valence-corrected chi connectivity index (χ4v) is 6.20. The summed E-state index contributed by atoms with van der Waals surface area (Å²) in [6.07, 6.45) is 11.1. The van der Waals surface area contributed by atoms with Crippen LogP contribution in [0.1, 0.15) is 48.3 Å². The first kappa shape index (κ1) is 26.4. The molecule has 0 bridgehead atoms. The molecule has 0 amide bonds. The van der Waals surface area contributed by atoms with Crippen molar-refractivity contribution in [1.82, 2.24) is 9.97 Å². The summed E-state index contributed by atoms with van der Waals surface area (Å²) in [5, 5.41) is 1.44. The van der Waals surface area contributed by atoms with E-state index in [4.69, 9.17) is 4.98 Å². The van der Waals surface area contributed by atoms with Crippen LogP contribution in [-0.2, 0) is 45.8 Å². The van der Waals surface area contributed by atoms with Gasteiger partial charge in [-0.15, -0.1) is 59.7 Å². The van der Waals surface area contributed by atoms with Crippen molar-refractivity contribution in [3.05, 3.63) is 107 Å². The molecule has 2 nitrogen and oxygen atoms in total. The van der Waals surface area contributed by atoms with E-state index in [0.717, 1.165) is 29.8 Å². The topological polar surface area (TPSA) is 25.8 Å². The van der Waals surface area contributed by atoms with Crippen molar-refractivity contribution < 1.29 is 20.1 Å². The molecule has 5 aromatic rings. The van der Waals surface area contributed by atoms with Crippen LogP contribution < -0.4 is 0 Å². The summed E-state index contributed by atoms with van der Waals surface area (Å²) < 4.78 is 1.39. The van der Waals surface area contributed by atoms with E-state index in [-0.39, 0.29) is 20.1 Å². The quantitative estimate of drug-likeness (QED) is 0.180. The molecule has 185 valence electrons. The van der Waals surface area contributed by atoms with E-state index in [1.165, 1.54) is 52.5 Å². The zero-order chi connectivity index (χ0) is 24.0. The fourth-order valence-electron chi connectivity index (χ4n) is 4.80. The SMILES string of the molecule is CCc1cnc(-c2[c-]ccc3c4c(sc23)CCCC4)cc1CC.[Ir].[c-]1ccccc1-c1ccccn1. The standard InChI is InChI=1S/C21H22NS.C11H8N.Ir/c1-3-14-12-19(22-13-15(14)4-2)18-10-7-9-17-16-8-5-6-11-20(16)23-21(17)18;1-2-6-10(7-3-1)11-8-4-5-9-12-11;/h7,9,12-13H,3-6,8,11H2,1-2H3;1-6,8-9H;/q2*-1;. The van der Waals surface area contributed by atoms with Gasteiger partial charge in [0.25, 0.3) is 0 Å². The average molecular weight is 667 g/mol. The van der Waals surface area contributed by atoms with Crippen LogP contribution in [0.25, 0.3) is 32.6 Å². The molecule has 3 aromatic heterocycles. The Hall–Kier alpha value is -2.65. The van der Waals surface area contributed by atoms with Gasteiger partial charge in [0.15, 0.2) is 0 Å². The number of thiophene rings is 1. The molecule has 0 spiro atoms. The van der Waals surface area contributed by atoms with Gasteiger partial charge in [0.1, 0.15) is 0 Å². The van der Waals surface area contributed by atoms with Gasteiger partial charge in [-0.3, -0.25) is 0 Å². The molecule has 2 aromatic carbocycles. The van der Waals surface area contributed by atoms with Crippen LogP contribution >= 0.6 is 11.3 Å². The monoisotopic (exact) mass is 667 g/mol. The first-order valence-corrected chi connectivity index (χ1v) is 13.4. The van der Waals surface area contributed by atoms with Crippen LogP contribution in [0.2, 0.25) is 0 Å². The van der Waals surface area contributed by atoms with Gasteiger partial charge in [0, 0.05) is 32.5 Å². The van der Waals surface area contributed by atoms with E-state index < -0.39 is 0 Å². The first-order valence-electron chi connectivity index (χ1n) is 12.6. The maximum Gasteiger partial charge on any atom is 0.0195 e. The largest absolute Gasteiger partial charge is 0.305 e. The number of hydrogen-bond donors (Lipinski definition) is 0. The smallest absolute Gasteiger partial charge is 0.0195 e. The van der Waals surface area contributed by atoms with Crippen molar-refractivity contribution >= 4 is 21.4 Å². The summed E-state index contributed by atoms with van der Waals surface area (Å²) in [6, 6.07) is 26.9. The van der Waals surface area contributed by atoms with E-state index in [0.29, 0.717) is 0 Å². The Balaban J connectivity index is 0.000000198. The van der Waals surface area contributed by atoms with Gasteiger partial charge in [0.2, 0.25) is 0 Å². The second-order valence-electron chi connectivity index (χ2n) is 8.84. The van der Waals surface area contributed by atoms with Crippen molar-refractivity contribution in [3.63, 3.8) is 0 Å². The van der Waals surface area contributed by atoms with E-state index in [1.807, 2.05) is 53.8 Å². The van der Waals surface area contributed by atoms with Crippen molar-refractivity contribution in [1.29, 1.82) is 0 Å². The number of aryl methyl sites for hydroxylation is 4. The molecule has 36 heavy (non-hydrogen) atoms. The van der Waals surface area contributed by atoms with E-state index >= 15 is 0 Å². The van der Waals surface area contributed by atoms with E-state index in [2.05, 4.69) is 55.4 Å². The molecular weight excluding hydrogens is 637 g/mol. The zero-order valence-electron chi connectivity index (χ0n) is 20.8. The molecule has 0 saturated carbocycles. The second kappa shape index (κ2) is 12.5. The van der Waals surface area contributed by atoms with Crippen molar-refractivity contribution in [2.75, 3.05) is 0 Å². The Morgan fingerprint density at radius 1 is 0.833 bits per heavy atom. The minimum absolute atomic E-state index is 0. The fraction of sp³-hybridized carbons (Fsp3) is 0.250. The molecule has 1 radical (unpaired) electrons. The van der Waals surface area contributed by atoms with Crippen LogP contribution in [0.3, 0.4) is 0 Å². The molecule has 0 aliphatic heterocycles. The van der Waals surface area contributed by atoms with Crippen molar-refractivity contribution in [2.24, 2.45) is 0 Å². The average Bonchev–Trinajstić information content (AvgIpc) is 3.33. The summed E-state index contributed by atoms with van der Waals surface area (Å²) in [4.78, 5) is 10.6. The van der Waals surface area contributed by atoms with Crippen LogP contribution in [0.15, 0.2) is 73.1 Å². The minimum Gasteiger partial charge on any atom is -0.305 e. The minimum atomic E-state index is 0. The van der Waals surface area contributed by atoms with Crippen molar-refractivity contribution in [3.8, 4) is 22.5 Å². The summed E-state index contributed by atoms with van der Waals surface area (Å²) in [5.74, 6) is 0. The number of pyridine rings is 2. The number of rotatable bonds is 4. The Morgan fingerprint density at radius 2 is 1.67 bits per heavy atom. The van der Waals surface area contributed by atoms with Gasteiger partial charge in [-0.1, -0.05) is 43.0 Å². The van der Waals surface area contributed by atoms with E-state index in [1.54, 1.807) is 16.6 Å². The number of aromatic nitrogens is 2. The molecule has 0 N–H and O–H groups in total. The maximum absolute atomic E-state index is 4.76. The molecule has 0 fully saturated rings. The number of nitrogens with zero attached hydrogens (tertiary/aromatic N) is 2. The van der Waals surface area contributed by atoms with E-state index in [9.17, 15) is 0 Å². The number of hydrogen-bond acceptors (Lipinski definition) is 3. The second-order valence-corrected chi connectivity index (χ2v) is 9.95.